The molecule has 0 bridgehead atoms. The summed E-state index contributed by atoms with van der Waals surface area (Å²) in [5.74, 6) is 2.55. The summed E-state index contributed by atoms with van der Waals surface area (Å²) in [5, 5.41) is 9.56. The first-order valence-corrected chi connectivity index (χ1v) is 5.36. The maximum Gasteiger partial charge on any atom is 0.319 e. The van der Waals surface area contributed by atoms with E-state index in [1.807, 2.05) is 0 Å². The van der Waals surface area contributed by atoms with Crippen LogP contribution in [-0.2, 0) is 0 Å². The van der Waals surface area contributed by atoms with Gasteiger partial charge in [0.15, 0.2) is 0 Å². The maximum absolute atomic E-state index is 11.2. The summed E-state index contributed by atoms with van der Waals surface area (Å²) in [7, 11) is 0. The predicted octanol–water partition coefficient (Wildman–Crippen LogP) is 1.46. The Labute approximate surface area is 92.4 Å². The second-order valence-corrected chi connectivity index (χ2v) is 3.61. The number of nitrogens with zero attached hydrogens (tertiary/aromatic N) is 2. The molecule has 0 spiro atoms. The van der Waals surface area contributed by atoms with Crippen LogP contribution in [0.2, 0.25) is 0 Å². The van der Waals surface area contributed by atoms with Crippen molar-refractivity contribution in [3.05, 3.63) is 6.20 Å². The smallest absolute Gasteiger partial charge is 0.319 e. The van der Waals surface area contributed by atoms with E-state index in [0.29, 0.717) is 11.5 Å². The second-order valence-electron chi connectivity index (χ2n) is 2.82. The minimum atomic E-state index is -0.234. The molecule has 2 N–H and O–H groups in total. The highest BCUT2D eigenvalue weighted by atomic mass is 32.1. The Kier molecular flexibility index (Phi) is 5.19. The van der Waals surface area contributed by atoms with Gasteiger partial charge < -0.3 is 5.32 Å². The lowest BCUT2D eigenvalue weighted by Gasteiger charge is -2.03. The van der Waals surface area contributed by atoms with Crippen molar-refractivity contribution in [1.82, 2.24) is 14.9 Å². The van der Waals surface area contributed by atoms with E-state index in [1.54, 1.807) is 0 Å². The highest BCUT2D eigenvalue weighted by Gasteiger charge is 2.01. The molecule has 0 radical (unpaired) electrons. The van der Waals surface area contributed by atoms with Gasteiger partial charge in [0.05, 0.1) is 6.20 Å². The molecule has 1 aromatic heterocycles. The number of carbonyl (C=O) groups excluding carboxylic acids is 1. The maximum atomic E-state index is 11.2. The Morgan fingerprint density at radius 2 is 2.47 bits per heavy atom. The number of urea groups is 1. The average molecular weight is 224 g/mol. The summed E-state index contributed by atoms with van der Waals surface area (Å²) in [6.07, 6.45) is 9.17. The number of amides is 2. The summed E-state index contributed by atoms with van der Waals surface area (Å²) >= 11 is 1.14. The molecule has 6 heteroatoms. The number of anilines is 1. The summed E-state index contributed by atoms with van der Waals surface area (Å²) in [6, 6.07) is -0.234. The van der Waals surface area contributed by atoms with Gasteiger partial charge in [0, 0.05) is 24.5 Å². The quantitative estimate of drug-likeness (QED) is 0.588. The molecule has 80 valence electrons. The molecule has 2 amide bonds. The zero-order chi connectivity index (χ0) is 10.9. The molecule has 0 atom stereocenters. The van der Waals surface area contributed by atoms with Crippen molar-refractivity contribution in [2.24, 2.45) is 0 Å². The van der Waals surface area contributed by atoms with Crippen LogP contribution < -0.4 is 10.6 Å². The lowest BCUT2D eigenvalue weighted by molar-refractivity contribution is 0.252. The van der Waals surface area contributed by atoms with E-state index in [9.17, 15) is 4.79 Å². The van der Waals surface area contributed by atoms with Crippen LogP contribution in [0.1, 0.15) is 19.3 Å². The Morgan fingerprint density at radius 1 is 1.60 bits per heavy atom. The topological polar surface area (TPSA) is 66.9 Å². The van der Waals surface area contributed by atoms with Crippen LogP contribution in [0.3, 0.4) is 0 Å². The highest BCUT2D eigenvalue weighted by Crippen LogP contribution is 2.08. The molecule has 1 aromatic rings. The number of nitrogens with one attached hydrogen (secondary N) is 2. The third-order valence-corrected chi connectivity index (χ3v) is 2.21. The second kappa shape index (κ2) is 6.79. The van der Waals surface area contributed by atoms with E-state index in [4.69, 9.17) is 6.42 Å². The third-order valence-electron chi connectivity index (χ3n) is 1.63. The van der Waals surface area contributed by atoms with Crippen LogP contribution in [-0.4, -0.2) is 22.2 Å². The van der Waals surface area contributed by atoms with Crippen molar-refractivity contribution in [3.63, 3.8) is 0 Å². The number of hydrogen-bond acceptors (Lipinski definition) is 4. The number of hydrogen-bond donors (Lipinski definition) is 2. The Bertz CT molecular complexity index is 330. The molecule has 0 saturated carbocycles. The van der Waals surface area contributed by atoms with E-state index in [-0.39, 0.29) is 6.03 Å². The van der Waals surface area contributed by atoms with E-state index >= 15 is 0 Å². The Morgan fingerprint density at radius 3 is 3.13 bits per heavy atom. The first-order valence-electron chi connectivity index (χ1n) is 4.58. The number of carbonyl (C=O) groups is 1. The molecule has 1 rings (SSSR count). The van der Waals surface area contributed by atoms with Crippen LogP contribution in [0.15, 0.2) is 6.20 Å². The molecule has 1 heterocycles. The van der Waals surface area contributed by atoms with Gasteiger partial charge in [-0.2, -0.15) is 0 Å². The standard InChI is InChI=1S/C9H12N4OS/c1-2-3-4-5-6-10-9(14)12-8-7-11-13-15-8/h1,7H,3-6H2,(H2,10,12,14). The van der Waals surface area contributed by atoms with Crippen LogP contribution >= 0.6 is 11.5 Å². The molecular formula is C9H12N4OS. The number of unbranched alkanes of at least 4 members (excludes halogenated alkanes) is 2. The average Bonchev–Trinajstić information content (AvgIpc) is 2.70. The number of terminal acetylenes is 1. The fourth-order valence-electron chi connectivity index (χ4n) is 0.932. The monoisotopic (exact) mass is 224 g/mol. The zero-order valence-corrected chi connectivity index (χ0v) is 9.01. The Balaban J connectivity index is 2.07. The third kappa shape index (κ3) is 4.98. The Hall–Kier alpha value is -1.61. The fourth-order valence-corrected chi connectivity index (χ4v) is 1.35. The minimum absolute atomic E-state index is 0.234. The predicted molar refractivity (Wildman–Crippen MR) is 59.6 cm³/mol. The zero-order valence-electron chi connectivity index (χ0n) is 8.19. The number of rotatable bonds is 5. The van der Waals surface area contributed by atoms with Crippen LogP contribution in [0.4, 0.5) is 9.80 Å². The summed E-state index contributed by atoms with van der Waals surface area (Å²) < 4.78 is 3.62. The first kappa shape index (κ1) is 11.5. The lowest BCUT2D eigenvalue weighted by atomic mass is 10.2. The lowest BCUT2D eigenvalue weighted by Crippen LogP contribution is -2.29. The van der Waals surface area contributed by atoms with E-state index in [0.717, 1.165) is 30.8 Å². The van der Waals surface area contributed by atoms with Crippen molar-refractivity contribution in [2.75, 3.05) is 11.9 Å². The molecule has 0 aromatic carbocycles. The molecule has 0 aliphatic rings. The van der Waals surface area contributed by atoms with Crippen molar-refractivity contribution >= 4 is 22.6 Å². The van der Waals surface area contributed by atoms with Gasteiger partial charge in [-0.05, 0) is 12.8 Å². The van der Waals surface area contributed by atoms with Crippen molar-refractivity contribution in [2.45, 2.75) is 19.3 Å². The van der Waals surface area contributed by atoms with E-state index in [2.05, 4.69) is 26.1 Å². The van der Waals surface area contributed by atoms with Gasteiger partial charge in [-0.3, -0.25) is 5.32 Å². The van der Waals surface area contributed by atoms with Crippen LogP contribution in [0.25, 0.3) is 0 Å². The largest absolute Gasteiger partial charge is 0.338 e. The van der Waals surface area contributed by atoms with Crippen molar-refractivity contribution in [3.8, 4) is 12.3 Å². The number of aromatic nitrogens is 2. The van der Waals surface area contributed by atoms with Gasteiger partial charge in [-0.1, -0.05) is 4.49 Å². The van der Waals surface area contributed by atoms with E-state index < -0.39 is 0 Å². The summed E-state index contributed by atoms with van der Waals surface area (Å²) in [5.41, 5.74) is 0. The molecule has 0 aliphatic carbocycles. The highest BCUT2D eigenvalue weighted by molar-refractivity contribution is 7.10. The van der Waals surface area contributed by atoms with Crippen molar-refractivity contribution in [1.29, 1.82) is 0 Å². The van der Waals surface area contributed by atoms with Crippen molar-refractivity contribution < 1.29 is 4.79 Å². The van der Waals surface area contributed by atoms with Gasteiger partial charge in [0.2, 0.25) is 0 Å². The SMILES string of the molecule is C#CCCCCNC(=O)Nc1cnns1. The molecular weight excluding hydrogens is 212 g/mol. The molecule has 15 heavy (non-hydrogen) atoms. The summed E-state index contributed by atoms with van der Waals surface area (Å²) in [4.78, 5) is 11.2. The molecule has 0 saturated heterocycles. The minimum Gasteiger partial charge on any atom is -0.338 e. The fraction of sp³-hybridized carbons (Fsp3) is 0.444. The molecule has 0 fully saturated rings. The van der Waals surface area contributed by atoms with Gasteiger partial charge in [-0.25, -0.2) is 4.79 Å². The van der Waals surface area contributed by atoms with Crippen LogP contribution in [0, 0.1) is 12.3 Å². The van der Waals surface area contributed by atoms with Gasteiger partial charge in [-0.15, -0.1) is 17.4 Å². The van der Waals surface area contributed by atoms with Gasteiger partial charge in [0.1, 0.15) is 5.00 Å². The molecule has 0 unspecified atom stereocenters. The van der Waals surface area contributed by atoms with Gasteiger partial charge >= 0.3 is 6.03 Å². The first-order chi connectivity index (χ1) is 7.33. The molecule has 0 aliphatic heterocycles. The van der Waals surface area contributed by atoms with Gasteiger partial charge in [0.25, 0.3) is 0 Å². The summed E-state index contributed by atoms with van der Waals surface area (Å²) in [6.45, 7) is 0.625. The van der Waals surface area contributed by atoms with E-state index in [1.165, 1.54) is 6.20 Å². The normalized spacial score (nSPS) is 9.27. The molecule has 5 nitrogen and oxygen atoms in total. The van der Waals surface area contributed by atoms with Crippen LogP contribution in [0.5, 0.6) is 0 Å².